The summed E-state index contributed by atoms with van der Waals surface area (Å²) in [5.74, 6) is -0.00983. The van der Waals surface area contributed by atoms with E-state index in [9.17, 15) is 4.79 Å². The Morgan fingerprint density at radius 3 is 2.35 bits per heavy atom. The monoisotopic (exact) mass is 404 g/mol. The molecular formula is C22H17BrN2O. The zero-order valence-corrected chi connectivity index (χ0v) is 15.6. The van der Waals surface area contributed by atoms with Gasteiger partial charge in [0.25, 0.3) is 5.91 Å². The van der Waals surface area contributed by atoms with Gasteiger partial charge in [0, 0.05) is 15.8 Å². The number of carbonyl (C=O) groups excluding carboxylic acids is 1. The Labute approximate surface area is 161 Å². The standard InChI is InChI=1S/C22H17BrN2O/c23-17-11-13-18(14-12-17)25-21(15-10-16-6-2-1-3-7-16)24-20-9-5-4-8-19(20)22(25)26/h1-15,21,24H. The van der Waals surface area contributed by atoms with E-state index in [2.05, 4.69) is 21.2 Å². The van der Waals surface area contributed by atoms with Crippen molar-refractivity contribution in [1.29, 1.82) is 0 Å². The molecule has 26 heavy (non-hydrogen) atoms. The first-order valence-electron chi connectivity index (χ1n) is 8.40. The normalized spacial score (nSPS) is 16.4. The number of amides is 1. The smallest absolute Gasteiger partial charge is 0.262 e. The molecule has 3 aromatic carbocycles. The quantitative estimate of drug-likeness (QED) is 0.619. The second-order valence-electron chi connectivity index (χ2n) is 6.06. The minimum atomic E-state index is -0.265. The molecule has 0 fully saturated rings. The van der Waals surface area contributed by atoms with Crippen LogP contribution in [-0.4, -0.2) is 12.1 Å². The number of fused-ring (bicyclic) bond motifs is 1. The Kier molecular flexibility index (Phi) is 4.59. The molecule has 4 heteroatoms. The van der Waals surface area contributed by atoms with Crippen molar-refractivity contribution >= 4 is 39.3 Å². The van der Waals surface area contributed by atoms with E-state index in [0.29, 0.717) is 5.56 Å². The second-order valence-corrected chi connectivity index (χ2v) is 6.97. The third kappa shape index (κ3) is 3.28. The van der Waals surface area contributed by atoms with Crippen LogP contribution in [0.15, 0.2) is 89.4 Å². The maximum Gasteiger partial charge on any atom is 0.262 e. The lowest BCUT2D eigenvalue weighted by Crippen LogP contribution is -2.48. The largest absolute Gasteiger partial charge is 0.361 e. The molecule has 0 aromatic heterocycles. The van der Waals surface area contributed by atoms with Crippen molar-refractivity contribution in [3.8, 4) is 0 Å². The van der Waals surface area contributed by atoms with Gasteiger partial charge in [-0.1, -0.05) is 64.5 Å². The van der Waals surface area contributed by atoms with Gasteiger partial charge in [-0.25, -0.2) is 0 Å². The van der Waals surface area contributed by atoms with Gasteiger partial charge in [0.2, 0.25) is 0 Å². The summed E-state index contributed by atoms with van der Waals surface area (Å²) in [7, 11) is 0. The third-order valence-corrected chi connectivity index (χ3v) is 4.86. The molecule has 4 rings (SSSR count). The van der Waals surface area contributed by atoms with E-state index in [-0.39, 0.29) is 12.1 Å². The number of para-hydroxylation sites is 1. The second kappa shape index (κ2) is 7.18. The Balaban J connectivity index is 1.74. The molecule has 0 saturated heterocycles. The van der Waals surface area contributed by atoms with Crippen LogP contribution in [0.1, 0.15) is 15.9 Å². The van der Waals surface area contributed by atoms with Gasteiger partial charge in [0.1, 0.15) is 6.17 Å². The summed E-state index contributed by atoms with van der Waals surface area (Å²) in [4.78, 5) is 15.0. The van der Waals surface area contributed by atoms with Crippen molar-refractivity contribution in [2.24, 2.45) is 0 Å². The van der Waals surface area contributed by atoms with Crippen LogP contribution in [0, 0.1) is 0 Å². The van der Waals surface area contributed by atoms with Crippen LogP contribution in [0.3, 0.4) is 0 Å². The van der Waals surface area contributed by atoms with Gasteiger partial charge < -0.3 is 5.32 Å². The minimum Gasteiger partial charge on any atom is -0.361 e. The molecule has 3 aromatic rings. The highest BCUT2D eigenvalue weighted by atomic mass is 79.9. The van der Waals surface area contributed by atoms with Crippen molar-refractivity contribution in [3.63, 3.8) is 0 Å². The molecule has 0 spiro atoms. The Morgan fingerprint density at radius 2 is 1.58 bits per heavy atom. The van der Waals surface area contributed by atoms with Gasteiger partial charge in [-0.3, -0.25) is 9.69 Å². The predicted molar refractivity (Wildman–Crippen MR) is 110 cm³/mol. The number of rotatable bonds is 3. The first-order valence-corrected chi connectivity index (χ1v) is 9.19. The summed E-state index contributed by atoms with van der Waals surface area (Å²) >= 11 is 3.45. The van der Waals surface area contributed by atoms with Crippen LogP contribution in [0.4, 0.5) is 11.4 Å². The lowest BCUT2D eigenvalue weighted by atomic mass is 10.1. The topological polar surface area (TPSA) is 32.3 Å². The summed E-state index contributed by atoms with van der Waals surface area (Å²) in [5.41, 5.74) is 3.48. The average molecular weight is 405 g/mol. The molecule has 1 atom stereocenters. The Bertz CT molecular complexity index is 951. The van der Waals surface area contributed by atoms with Crippen LogP contribution in [0.2, 0.25) is 0 Å². The maximum atomic E-state index is 13.2. The molecule has 1 aliphatic rings. The summed E-state index contributed by atoms with van der Waals surface area (Å²) in [6.45, 7) is 0. The number of halogens is 1. The number of anilines is 2. The molecule has 0 saturated carbocycles. The molecule has 1 heterocycles. The van der Waals surface area contributed by atoms with Gasteiger partial charge in [-0.15, -0.1) is 0 Å². The Hall–Kier alpha value is -2.85. The van der Waals surface area contributed by atoms with Crippen LogP contribution in [0.25, 0.3) is 6.08 Å². The number of carbonyl (C=O) groups is 1. The van der Waals surface area contributed by atoms with Crippen LogP contribution in [0.5, 0.6) is 0 Å². The van der Waals surface area contributed by atoms with Gasteiger partial charge in [0.15, 0.2) is 0 Å². The lowest BCUT2D eigenvalue weighted by Gasteiger charge is -2.36. The fourth-order valence-electron chi connectivity index (χ4n) is 3.06. The van der Waals surface area contributed by atoms with Crippen molar-refractivity contribution in [1.82, 2.24) is 0 Å². The summed E-state index contributed by atoms with van der Waals surface area (Å²) in [6.07, 6.45) is 3.79. The lowest BCUT2D eigenvalue weighted by molar-refractivity contribution is 0.0980. The molecular weight excluding hydrogens is 388 g/mol. The molecule has 1 aliphatic heterocycles. The van der Waals surface area contributed by atoms with Gasteiger partial charge in [0.05, 0.1) is 5.56 Å². The summed E-state index contributed by atoms with van der Waals surface area (Å²) in [5, 5.41) is 3.47. The fraction of sp³-hybridized carbons (Fsp3) is 0.0455. The van der Waals surface area contributed by atoms with E-state index >= 15 is 0 Å². The molecule has 128 valence electrons. The minimum absolute atomic E-state index is 0.00983. The number of benzene rings is 3. The highest BCUT2D eigenvalue weighted by Gasteiger charge is 2.31. The van der Waals surface area contributed by atoms with Gasteiger partial charge in [-0.2, -0.15) is 0 Å². The zero-order chi connectivity index (χ0) is 17.9. The zero-order valence-electron chi connectivity index (χ0n) is 14.0. The van der Waals surface area contributed by atoms with E-state index in [4.69, 9.17) is 0 Å². The van der Waals surface area contributed by atoms with Crippen molar-refractivity contribution in [3.05, 3.63) is 101 Å². The van der Waals surface area contributed by atoms with Gasteiger partial charge >= 0.3 is 0 Å². The van der Waals surface area contributed by atoms with Crippen molar-refractivity contribution < 1.29 is 4.79 Å². The first kappa shape index (κ1) is 16.6. The first-order chi connectivity index (χ1) is 12.7. The summed E-state index contributed by atoms with van der Waals surface area (Å²) < 4.78 is 0.982. The Morgan fingerprint density at radius 1 is 0.885 bits per heavy atom. The molecule has 0 aliphatic carbocycles. The fourth-order valence-corrected chi connectivity index (χ4v) is 3.32. The number of nitrogens with zero attached hydrogens (tertiary/aromatic N) is 1. The van der Waals surface area contributed by atoms with Gasteiger partial charge in [-0.05, 0) is 48.0 Å². The average Bonchev–Trinajstić information content (AvgIpc) is 2.68. The van der Waals surface area contributed by atoms with Crippen LogP contribution >= 0.6 is 15.9 Å². The highest BCUT2D eigenvalue weighted by molar-refractivity contribution is 9.10. The van der Waals surface area contributed by atoms with Crippen LogP contribution in [-0.2, 0) is 0 Å². The third-order valence-electron chi connectivity index (χ3n) is 4.33. The number of hydrogen-bond donors (Lipinski definition) is 1. The number of nitrogens with one attached hydrogen (secondary N) is 1. The van der Waals surface area contributed by atoms with E-state index < -0.39 is 0 Å². The van der Waals surface area contributed by atoms with E-state index in [1.807, 2.05) is 91.0 Å². The van der Waals surface area contributed by atoms with Crippen molar-refractivity contribution in [2.45, 2.75) is 6.17 Å². The molecule has 1 unspecified atom stereocenters. The molecule has 0 bridgehead atoms. The van der Waals surface area contributed by atoms with E-state index in [0.717, 1.165) is 21.4 Å². The van der Waals surface area contributed by atoms with E-state index in [1.165, 1.54) is 0 Å². The molecule has 1 N–H and O–H groups in total. The van der Waals surface area contributed by atoms with Crippen molar-refractivity contribution in [2.75, 3.05) is 10.2 Å². The highest BCUT2D eigenvalue weighted by Crippen LogP contribution is 2.31. The predicted octanol–water partition coefficient (Wildman–Crippen LogP) is 5.56. The number of hydrogen-bond acceptors (Lipinski definition) is 2. The molecule has 3 nitrogen and oxygen atoms in total. The summed E-state index contributed by atoms with van der Waals surface area (Å²) in [6, 6.07) is 25.5. The maximum absolute atomic E-state index is 13.2. The van der Waals surface area contributed by atoms with Crippen LogP contribution < -0.4 is 10.2 Å². The SMILES string of the molecule is O=C1c2ccccc2NC(C=Cc2ccccc2)N1c1ccc(Br)cc1. The molecule has 0 radical (unpaired) electrons. The van der Waals surface area contributed by atoms with E-state index in [1.54, 1.807) is 4.90 Å². The molecule has 1 amide bonds.